The lowest BCUT2D eigenvalue weighted by atomic mass is 10.0. The third kappa shape index (κ3) is 5.17. The molecule has 1 fully saturated rings. The van der Waals surface area contributed by atoms with Gasteiger partial charge in [-0.05, 0) is 55.5 Å². The Morgan fingerprint density at radius 3 is 2.53 bits per heavy atom. The van der Waals surface area contributed by atoms with Crippen molar-refractivity contribution in [3.63, 3.8) is 0 Å². The Bertz CT molecular complexity index is 1090. The summed E-state index contributed by atoms with van der Waals surface area (Å²) in [6.07, 6.45) is 7.65. The van der Waals surface area contributed by atoms with Gasteiger partial charge in [-0.1, -0.05) is 42.5 Å². The average molecular weight is 430 g/mol. The molecule has 1 aliphatic rings. The number of carbonyl (C=O) groups is 1. The van der Waals surface area contributed by atoms with E-state index >= 15 is 0 Å². The topological polar surface area (TPSA) is 47.4 Å². The molecule has 166 valence electrons. The van der Waals surface area contributed by atoms with Gasteiger partial charge in [-0.25, -0.2) is 0 Å². The number of amides is 1. The van der Waals surface area contributed by atoms with Crippen LogP contribution in [0, 0.1) is 13.8 Å². The Morgan fingerprint density at radius 2 is 1.84 bits per heavy atom. The first-order valence-electron chi connectivity index (χ1n) is 11.2. The van der Waals surface area contributed by atoms with Crippen molar-refractivity contribution in [3.05, 3.63) is 83.1 Å². The minimum absolute atomic E-state index is 0.0430. The molecule has 0 aliphatic carbocycles. The SMILES string of the molecule is COC1CCN(C(=O)/C=C/c2cn(Cc3ccccc3)nc2-c2ccc(C)c(C)c2)CC1. The highest BCUT2D eigenvalue weighted by Gasteiger charge is 2.21. The van der Waals surface area contributed by atoms with Crippen molar-refractivity contribution in [1.29, 1.82) is 0 Å². The Kier molecular flexibility index (Phi) is 6.86. The Hall–Kier alpha value is -3.18. The van der Waals surface area contributed by atoms with Crippen LogP contribution in [0.2, 0.25) is 0 Å². The van der Waals surface area contributed by atoms with Crippen LogP contribution >= 0.6 is 0 Å². The van der Waals surface area contributed by atoms with Crippen LogP contribution in [0.25, 0.3) is 17.3 Å². The Balaban J connectivity index is 1.59. The van der Waals surface area contributed by atoms with Crippen LogP contribution in [0.5, 0.6) is 0 Å². The number of carbonyl (C=O) groups excluding carboxylic acids is 1. The maximum Gasteiger partial charge on any atom is 0.246 e. The number of methoxy groups -OCH3 is 1. The standard InChI is InChI=1S/C27H31N3O2/c1-20-9-10-23(17-21(20)2)27-24(19-30(28-27)18-22-7-5-4-6-8-22)11-12-26(31)29-15-13-25(32-3)14-16-29/h4-12,17,19,25H,13-16,18H2,1-3H3/b12-11+. The monoisotopic (exact) mass is 429 g/mol. The molecule has 0 saturated carbocycles. The van der Waals surface area contributed by atoms with Crippen molar-refractivity contribution in [3.8, 4) is 11.3 Å². The van der Waals surface area contributed by atoms with E-state index in [1.807, 2.05) is 40.1 Å². The van der Waals surface area contributed by atoms with Crippen LogP contribution in [0.15, 0.2) is 60.8 Å². The number of piperidine rings is 1. The van der Waals surface area contributed by atoms with E-state index in [4.69, 9.17) is 9.84 Å². The van der Waals surface area contributed by atoms with Crippen molar-refractivity contribution >= 4 is 12.0 Å². The fourth-order valence-electron chi connectivity index (χ4n) is 4.10. The first-order valence-corrected chi connectivity index (χ1v) is 11.2. The summed E-state index contributed by atoms with van der Waals surface area (Å²) in [4.78, 5) is 14.7. The molecule has 32 heavy (non-hydrogen) atoms. The van der Waals surface area contributed by atoms with Gasteiger partial charge in [0.2, 0.25) is 5.91 Å². The van der Waals surface area contributed by atoms with Gasteiger partial charge in [0.1, 0.15) is 0 Å². The van der Waals surface area contributed by atoms with Gasteiger partial charge in [-0.2, -0.15) is 5.10 Å². The number of nitrogens with zero attached hydrogens (tertiary/aromatic N) is 3. The first kappa shape index (κ1) is 22.0. The molecule has 2 aromatic carbocycles. The molecule has 0 N–H and O–H groups in total. The van der Waals surface area contributed by atoms with Crippen LogP contribution in [0.1, 0.15) is 35.1 Å². The van der Waals surface area contributed by atoms with Crippen LogP contribution < -0.4 is 0 Å². The lowest BCUT2D eigenvalue weighted by Gasteiger charge is -2.30. The van der Waals surface area contributed by atoms with Crippen LogP contribution in [-0.2, 0) is 16.1 Å². The lowest BCUT2D eigenvalue weighted by Crippen LogP contribution is -2.39. The van der Waals surface area contributed by atoms with Gasteiger partial charge in [-0.3, -0.25) is 9.48 Å². The van der Waals surface area contributed by atoms with E-state index in [1.165, 1.54) is 16.7 Å². The highest BCUT2D eigenvalue weighted by Crippen LogP contribution is 2.26. The van der Waals surface area contributed by atoms with Gasteiger partial charge in [0.25, 0.3) is 0 Å². The molecule has 1 aliphatic heterocycles. The molecule has 0 bridgehead atoms. The molecule has 1 aromatic heterocycles. The molecular weight excluding hydrogens is 398 g/mol. The first-order chi connectivity index (χ1) is 15.5. The molecule has 3 aromatic rings. The van der Waals surface area contributed by atoms with Crippen LogP contribution in [-0.4, -0.2) is 46.9 Å². The van der Waals surface area contributed by atoms with Crippen molar-refractivity contribution in [2.45, 2.75) is 39.3 Å². The molecule has 0 unspecified atom stereocenters. The Morgan fingerprint density at radius 1 is 1.09 bits per heavy atom. The van der Waals surface area contributed by atoms with Gasteiger partial charge in [0, 0.05) is 43.6 Å². The Labute approximate surface area is 190 Å². The highest BCUT2D eigenvalue weighted by atomic mass is 16.5. The second-order valence-electron chi connectivity index (χ2n) is 8.51. The van der Waals surface area contributed by atoms with Crippen LogP contribution in [0.4, 0.5) is 0 Å². The number of aromatic nitrogens is 2. The van der Waals surface area contributed by atoms with Gasteiger partial charge < -0.3 is 9.64 Å². The predicted molar refractivity (Wildman–Crippen MR) is 128 cm³/mol. The normalized spacial score (nSPS) is 14.9. The molecule has 1 saturated heterocycles. The molecule has 5 heteroatoms. The smallest absolute Gasteiger partial charge is 0.246 e. The van der Waals surface area contributed by atoms with E-state index in [0.717, 1.165) is 42.8 Å². The van der Waals surface area contributed by atoms with E-state index in [0.29, 0.717) is 6.54 Å². The molecule has 4 rings (SSSR count). The maximum absolute atomic E-state index is 12.8. The summed E-state index contributed by atoms with van der Waals surface area (Å²) in [6.45, 7) is 6.38. The maximum atomic E-state index is 12.8. The van der Waals surface area contributed by atoms with Gasteiger partial charge >= 0.3 is 0 Å². The van der Waals surface area contributed by atoms with Crippen LogP contribution in [0.3, 0.4) is 0 Å². The molecule has 0 atom stereocenters. The zero-order valence-electron chi connectivity index (χ0n) is 19.1. The summed E-state index contributed by atoms with van der Waals surface area (Å²) in [5.74, 6) is 0.0430. The van der Waals surface area contributed by atoms with Gasteiger partial charge in [0.15, 0.2) is 0 Å². The van der Waals surface area contributed by atoms with Crippen molar-refractivity contribution in [2.75, 3.05) is 20.2 Å². The number of hydrogen-bond acceptors (Lipinski definition) is 3. The van der Waals surface area contributed by atoms with Crippen molar-refractivity contribution in [2.24, 2.45) is 0 Å². The summed E-state index contributed by atoms with van der Waals surface area (Å²) in [5, 5.41) is 4.88. The fourth-order valence-corrected chi connectivity index (χ4v) is 4.10. The van der Waals surface area contributed by atoms with Crippen molar-refractivity contribution < 1.29 is 9.53 Å². The molecule has 5 nitrogen and oxygen atoms in total. The summed E-state index contributed by atoms with van der Waals surface area (Å²) in [5.41, 5.74) is 6.58. The van der Waals surface area contributed by atoms with E-state index in [2.05, 4.69) is 44.2 Å². The third-order valence-corrected chi connectivity index (χ3v) is 6.25. The molecule has 0 spiro atoms. The third-order valence-electron chi connectivity index (χ3n) is 6.25. The largest absolute Gasteiger partial charge is 0.381 e. The molecule has 0 radical (unpaired) electrons. The van der Waals surface area contributed by atoms with E-state index < -0.39 is 0 Å². The second-order valence-corrected chi connectivity index (χ2v) is 8.51. The lowest BCUT2D eigenvalue weighted by molar-refractivity contribution is -0.128. The predicted octanol–water partition coefficient (Wildman–Crippen LogP) is 4.87. The van der Waals surface area contributed by atoms with Gasteiger partial charge in [0.05, 0.1) is 18.3 Å². The zero-order chi connectivity index (χ0) is 22.5. The molecule has 1 amide bonds. The number of ether oxygens (including phenoxy) is 1. The number of aryl methyl sites for hydroxylation is 2. The highest BCUT2D eigenvalue weighted by molar-refractivity contribution is 5.93. The number of rotatable bonds is 6. The zero-order valence-corrected chi connectivity index (χ0v) is 19.1. The average Bonchev–Trinajstić information content (AvgIpc) is 3.22. The quantitative estimate of drug-likeness (QED) is 0.526. The second kappa shape index (κ2) is 9.96. The molecular formula is C27H31N3O2. The minimum atomic E-state index is 0.0430. The summed E-state index contributed by atoms with van der Waals surface area (Å²) in [6, 6.07) is 16.7. The van der Waals surface area contributed by atoms with Gasteiger partial charge in [-0.15, -0.1) is 0 Å². The fraction of sp³-hybridized carbons (Fsp3) is 0.333. The number of likely N-dealkylation sites (tertiary alicyclic amines) is 1. The number of hydrogen-bond donors (Lipinski definition) is 0. The van der Waals surface area contributed by atoms with E-state index in [9.17, 15) is 4.79 Å². The number of benzene rings is 2. The van der Waals surface area contributed by atoms with E-state index in [1.54, 1.807) is 13.2 Å². The summed E-state index contributed by atoms with van der Waals surface area (Å²) < 4.78 is 7.37. The summed E-state index contributed by atoms with van der Waals surface area (Å²) in [7, 11) is 1.74. The van der Waals surface area contributed by atoms with E-state index in [-0.39, 0.29) is 12.0 Å². The van der Waals surface area contributed by atoms with Crippen molar-refractivity contribution in [1.82, 2.24) is 14.7 Å². The molecule has 2 heterocycles. The minimum Gasteiger partial charge on any atom is -0.381 e. The summed E-state index contributed by atoms with van der Waals surface area (Å²) >= 11 is 0.